The van der Waals surface area contributed by atoms with Gasteiger partial charge in [0.05, 0.1) is 5.69 Å². The van der Waals surface area contributed by atoms with Gasteiger partial charge < -0.3 is 15.9 Å². The zero-order chi connectivity index (χ0) is 18.0. The summed E-state index contributed by atoms with van der Waals surface area (Å²) in [4.78, 5) is 27.3. The van der Waals surface area contributed by atoms with Crippen LogP contribution in [0.2, 0.25) is 0 Å². The van der Waals surface area contributed by atoms with Crippen molar-refractivity contribution in [3.8, 4) is 0 Å². The molecule has 1 aromatic heterocycles. The van der Waals surface area contributed by atoms with Gasteiger partial charge >= 0.3 is 0 Å². The Kier molecular flexibility index (Phi) is 4.21. The van der Waals surface area contributed by atoms with Crippen LogP contribution < -0.4 is 16.8 Å². The quantitative estimate of drug-likeness (QED) is 0.501. The molecular weight excluding hydrogens is 320 g/mol. The summed E-state index contributed by atoms with van der Waals surface area (Å²) in [6.07, 6.45) is 0. The number of primary amides is 1. The summed E-state index contributed by atoms with van der Waals surface area (Å²) in [5.41, 5.74) is 13.0. The lowest BCUT2D eigenvalue weighted by Crippen LogP contribution is -2.36. The molecule has 0 bridgehead atoms. The molecule has 0 aliphatic carbocycles. The van der Waals surface area contributed by atoms with Gasteiger partial charge in [-0.3, -0.25) is 14.9 Å². The molecule has 0 spiro atoms. The van der Waals surface area contributed by atoms with Crippen molar-refractivity contribution in [3.63, 3.8) is 0 Å². The monoisotopic (exact) mass is 336 g/mol. The number of furan rings is 1. The Morgan fingerprint density at radius 1 is 1.00 bits per heavy atom. The van der Waals surface area contributed by atoms with Crippen molar-refractivity contribution in [3.05, 3.63) is 65.4 Å². The van der Waals surface area contributed by atoms with Crippen molar-refractivity contribution in [2.45, 2.75) is 6.92 Å². The molecule has 126 valence electrons. The summed E-state index contributed by atoms with van der Waals surface area (Å²) in [7, 11) is 0. The number of benzene rings is 2. The number of hydrogen-bond acceptors (Lipinski definition) is 4. The Bertz CT molecular complexity index is 987. The second kappa shape index (κ2) is 6.48. The molecule has 0 aliphatic heterocycles. The Morgan fingerprint density at radius 2 is 1.68 bits per heavy atom. The molecular formula is C18H16N4O3. The standard InChI is InChI=1S/C18H16N4O3/c1-10-8-13-9-14(6-7-15(13)25-10)21-18(20)22-17(24)12-4-2-11(3-5-12)16(19)23/h2-9H,1H3,(H2,19,23)(H3,20,21,22,24). The van der Waals surface area contributed by atoms with Crippen molar-refractivity contribution >= 4 is 34.4 Å². The van der Waals surface area contributed by atoms with Crippen LogP contribution in [0.4, 0.5) is 5.69 Å². The first-order valence-electron chi connectivity index (χ1n) is 7.48. The van der Waals surface area contributed by atoms with Crippen molar-refractivity contribution < 1.29 is 14.0 Å². The number of aryl methyl sites for hydroxylation is 1. The van der Waals surface area contributed by atoms with Crippen LogP contribution >= 0.6 is 0 Å². The largest absolute Gasteiger partial charge is 0.461 e. The number of carbonyl (C=O) groups excluding carboxylic acids is 2. The summed E-state index contributed by atoms with van der Waals surface area (Å²) >= 11 is 0. The molecule has 0 radical (unpaired) electrons. The zero-order valence-electron chi connectivity index (χ0n) is 13.4. The van der Waals surface area contributed by atoms with Gasteiger partial charge in [-0.15, -0.1) is 0 Å². The van der Waals surface area contributed by atoms with Gasteiger partial charge in [-0.05, 0) is 55.5 Å². The summed E-state index contributed by atoms with van der Waals surface area (Å²) in [5, 5.41) is 3.40. The molecule has 2 aromatic carbocycles. The van der Waals surface area contributed by atoms with E-state index in [1.54, 1.807) is 12.1 Å². The van der Waals surface area contributed by atoms with Crippen LogP contribution in [0.15, 0.2) is 57.9 Å². The lowest BCUT2D eigenvalue weighted by atomic mass is 10.1. The van der Waals surface area contributed by atoms with Gasteiger partial charge in [0.2, 0.25) is 11.9 Å². The second-order valence-corrected chi connectivity index (χ2v) is 5.47. The maximum absolute atomic E-state index is 12.1. The molecule has 7 heteroatoms. The van der Waals surface area contributed by atoms with Crippen LogP contribution in [0.3, 0.4) is 0 Å². The number of rotatable bonds is 3. The smallest absolute Gasteiger partial charge is 0.257 e. The highest BCUT2D eigenvalue weighted by Crippen LogP contribution is 2.24. The van der Waals surface area contributed by atoms with Gasteiger partial charge in [0.15, 0.2) is 0 Å². The average molecular weight is 336 g/mol. The summed E-state index contributed by atoms with van der Waals surface area (Å²) in [5.74, 6) is -0.226. The zero-order valence-corrected chi connectivity index (χ0v) is 13.4. The average Bonchev–Trinajstić information content (AvgIpc) is 2.94. The van der Waals surface area contributed by atoms with E-state index in [2.05, 4.69) is 10.3 Å². The first kappa shape index (κ1) is 16.3. The van der Waals surface area contributed by atoms with Crippen molar-refractivity contribution in [1.29, 1.82) is 0 Å². The Morgan fingerprint density at radius 3 is 2.36 bits per heavy atom. The highest BCUT2D eigenvalue weighted by Gasteiger charge is 2.09. The molecule has 2 amide bonds. The predicted molar refractivity (Wildman–Crippen MR) is 94.7 cm³/mol. The molecule has 0 saturated carbocycles. The van der Waals surface area contributed by atoms with Crippen LogP contribution in [0.25, 0.3) is 11.0 Å². The lowest BCUT2D eigenvalue weighted by Gasteiger charge is -2.05. The van der Waals surface area contributed by atoms with Crippen LogP contribution in [-0.2, 0) is 0 Å². The minimum atomic E-state index is -0.557. The van der Waals surface area contributed by atoms with E-state index in [4.69, 9.17) is 15.9 Å². The SMILES string of the molecule is Cc1cc2cc(N=C(N)NC(=O)c3ccc(C(N)=O)cc3)ccc2o1. The molecule has 0 atom stereocenters. The van der Waals surface area contributed by atoms with E-state index in [9.17, 15) is 9.59 Å². The maximum Gasteiger partial charge on any atom is 0.257 e. The molecule has 3 rings (SSSR count). The van der Waals surface area contributed by atoms with Gasteiger partial charge in [0, 0.05) is 16.5 Å². The van der Waals surface area contributed by atoms with E-state index in [-0.39, 0.29) is 5.96 Å². The highest BCUT2D eigenvalue weighted by molar-refractivity contribution is 6.06. The predicted octanol–water partition coefficient (Wildman–Crippen LogP) is 2.22. The van der Waals surface area contributed by atoms with Gasteiger partial charge in [-0.1, -0.05) is 0 Å². The van der Waals surface area contributed by atoms with E-state index < -0.39 is 11.8 Å². The fourth-order valence-corrected chi connectivity index (χ4v) is 2.37. The number of aliphatic imine (C=N–C) groups is 1. The molecule has 5 N–H and O–H groups in total. The van der Waals surface area contributed by atoms with Crippen LogP contribution in [0, 0.1) is 6.92 Å². The van der Waals surface area contributed by atoms with Crippen LogP contribution in [-0.4, -0.2) is 17.8 Å². The number of hydrogen-bond donors (Lipinski definition) is 3. The summed E-state index contributed by atoms with van der Waals surface area (Å²) in [6, 6.07) is 13.2. The molecule has 0 unspecified atom stereocenters. The molecule has 25 heavy (non-hydrogen) atoms. The van der Waals surface area contributed by atoms with Crippen LogP contribution in [0.1, 0.15) is 26.5 Å². The van der Waals surface area contributed by atoms with Gasteiger partial charge in [0.1, 0.15) is 11.3 Å². The maximum atomic E-state index is 12.1. The Labute approximate surface area is 143 Å². The van der Waals surface area contributed by atoms with E-state index in [0.717, 1.165) is 16.7 Å². The van der Waals surface area contributed by atoms with E-state index in [1.165, 1.54) is 24.3 Å². The first-order chi connectivity index (χ1) is 11.9. The van der Waals surface area contributed by atoms with E-state index in [1.807, 2.05) is 19.1 Å². The molecule has 0 saturated heterocycles. The molecule has 0 aliphatic rings. The minimum Gasteiger partial charge on any atom is -0.461 e. The third-order valence-electron chi connectivity index (χ3n) is 3.55. The number of nitrogens with zero attached hydrogens (tertiary/aromatic N) is 1. The van der Waals surface area contributed by atoms with Crippen molar-refractivity contribution in [2.24, 2.45) is 16.5 Å². The Hall–Kier alpha value is -3.61. The number of nitrogens with one attached hydrogen (secondary N) is 1. The number of guanidine groups is 1. The van der Waals surface area contributed by atoms with Crippen molar-refractivity contribution in [2.75, 3.05) is 0 Å². The highest BCUT2D eigenvalue weighted by atomic mass is 16.3. The third kappa shape index (κ3) is 3.66. The fraction of sp³-hybridized carbons (Fsp3) is 0.0556. The number of nitrogens with two attached hydrogens (primary N) is 2. The van der Waals surface area contributed by atoms with Gasteiger partial charge in [-0.25, -0.2) is 4.99 Å². The second-order valence-electron chi connectivity index (χ2n) is 5.47. The Balaban J connectivity index is 1.75. The van der Waals surface area contributed by atoms with Gasteiger partial charge in [0.25, 0.3) is 5.91 Å². The normalized spacial score (nSPS) is 11.5. The number of fused-ring (bicyclic) bond motifs is 1. The van der Waals surface area contributed by atoms with E-state index >= 15 is 0 Å². The molecule has 1 heterocycles. The molecule has 7 nitrogen and oxygen atoms in total. The molecule has 3 aromatic rings. The summed E-state index contributed by atoms with van der Waals surface area (Å²) < 4.78 is 5.49. The summed E-state index contributed by atoms with van der Waals surface area (Å²) in [6.45, 7) is 1.86. The van der Waals surface area contributed by atoms with E-state index in [0.29, 0.717) is 16.8 Å². The molecule has 0 fully saturated rings. The number of amides is 2. The number of carbonyl (C=O) groups is 2. The third-order valence-corrected chi connectivity index (χ3v) is 3.55. The topological polar surface area (TPSA) is 124 Å². The minimum absolute atomic E-state index is 0.0384. The lowest BCUT2D eigenvalue weighted by molar-refractivity contribution is 0.0971. The fourth-order valence-electron chi connectivity index (χ4n) is 2.37. The van der Waals surface area contributed by atoms with Crippen LogP contribution in [0.5, 0.6) is 0 Å². The van der Waals surface area contributed by atoms with Crippen molar-refractivity contribution in [1.82, 2.24) is 5.32 Å². The first-order valence-corrected chi connectivity index (χ1v) is 7.48. The van der Waals surface area contributed by atoms with Gasteiger partial charge in [-0.2, -0.15) is 0 Å².